The molecule has 3 rings (SSSR count). The van der Waals surface area contributed by atoms with Crippen LogP contribution in [0.3, 0.4) is 0 Å². The molecule has 2 nitrogen and oxygen atoms in total. The van der Waals surface area contributed by atoms with E-state index in [1.165, 1.54) is 43.2 Å². The molecule has 1 saturated carbocycles. The van der Waals surface area contributed by atoms with E-state index in [9.17, 15) is 5.26 Å². The third kappa shape index (κ3) is 3.40. The minimum absolute atomic E-state index is 0.416. The molecule has 1 N–H and O–H groups in total. The molecule has 1 atom stereocenters. The summed E-state index contributed by atoms with van der Waals surface area (Å²) in [6, 6.07) is 16.7. The zero-order chi connectivity index (χ0) is 15.4. The fourth-order valence-corrected chi connectivity index (χ4v) is 3.43. The SMILES string of the molecule is Cc1ccc(C(OO)c2ccc(C3CCCCC3)cc2)cc1. The number of rotatable bonds is 4. The number of hydrogen-bond donors (Lipinski definition) is 1. The molecule has 2 aromatic carbocycles. The summed E-state index contributed by atoms with van der Waals surface area (Å²) in [5.74, 6) is 0.704. The van der Waals surface area contributed by atoms with Crippen LogP contribution in [0.25, 0.3) is 0 Å². The zero-order valence-corrected chi connectivity index (χ0v) is 13.2. The molecule has 0 saturated heterocycles. The van der Waals surface area contributed by atoms with E-state index in [-0.39, 0.29) is 0 Å². The monoisotopic (exact) mass is 296 g/mol. The van der Waals surface area contributed by atoms with Crippen molar-refractivity contribution in [2.75, 3.05) is 0 Å². The predicted molar refractivity (Wildman–Crippen MR) is 89.0 cm³/mol. The third-order valence-corrected chi connectivity index (χ3v) is 4.80. The van der Waals surface area contributed by atoms with Gasteiger partial charge in [0, 0.05) is 0 Å². The maximum atomic E-state index is 9.32. The lowest BCUT2D eigenvalue weighted by Gasteiger charge is -2.22. The van der Waals surface area contributed by atoms with Gasteiger partial charge in [-0.2, -0.15) is 0 Å². The van der Waals surface area contributed by atoms with Crippen LogP contribution in [0, 0.1) is 6.92 Å². The Bertz CT molecular complexity index is 580. The molecule has 0 amide bonds. The van der Waals surface area contributed by atoms with E-state index in [2.05, 4.69) is 31.2 Å². The summed E-state index contributed by atoms with van der Waals surface area (Å²) in [6.45, 7) is 2.05. The highest BCUT2D eigenvalue weighted by Gasteiger charge is 2.18. The molecule has 2 aromatic rings. The summed E-state index contributed by atoms with van der Waals surface area (Å²) in [5.41, 5.74) is 4.58. The van der Waals surface area contributed by atoms with E-state index in [1.54, 1.807) is 0 Å². The highest BCUT2D eigenvalue weighted by atomic mass is 17.1. The quantitative estimate of drug-likeness (QED) is 0.586. The third-order valence-electron chi connectivity index (χ3n) is 4.80. The Kier molecular flexibility index (Phi) is 4.91. The first kappa shape index (κ1) is 15.3. The fourth-order valence-electron chi connectivity index (χ4n) is 3.43. The zero-order valence-electron chi connectivity index (χ0n) is 13.2. The topological polar surface area (TPSA) is 29.5 Å². The summed E-state index contributed by atoms with van der Waals surface area (Å²) in [5, 5.41) is 9.32. The second kappa shape index (κ2) is 7.08. The molecular formula is C20H24O2. The van der Waals surface area contributed by atoms with Gasteiger partial charge in [0.05, 0.1) is 0 Å². The Morgan fingerprint density at radius 2 is 1.41 bits per heavy atom. The molecule has 0 aliphatic heterocycles. The Hall–Kier alpha value is -1.64. The molecule has 1 aliphatic rings. The first-order chi connectivity index (χ1) is 10.8. The number of aryl methyl sites for hydroxylation is 1. The molecule has 0 bridgehead atoms. The van der Waals surface area contributed by atoms with Gasteiger partial charge in [0.15, 0.2) is 0 Å². The van der Waals surface area contributed by atoms with Crippen LogP contribution in [0.5, 0.6) is 0 Å². The Labute approximate surface area is 132 Å². The van der Waals surface area contributed by atoms with E-state index in [0.717, 1.165) is 11.1 Å². The van der Waals surface area contributed by atoms with Gasteiger partial charge in [-0.05, 0) is 42.4 Å². The molecule has 0 aromatic heterocycles. The van der Waals surface area contributed by atoms with Crippen LogP contribution >= 0.6 is 0 Å². The summed E-state index contributed by atoms with van der Waals surface area (Å²) in [4.78, 5) is 4.75. The van der Waals surface area contributed by atoms with Crippen molar-refractivity contribution in [3.8, 4) is 0 Å². The van der Waals surface area contributed by atoms with Gasteiger partial charge in [0.2, 0.25) is 0 Å². The lowest BCUT2D eigenvalue weighted by Crippen LogP contribution is -2.06. The van der Waals surface area contributed by atoms with Crippen molar-refractivity contribution in [2.45, 2.75) is 51.0 Å². The molecule has 2 heteroatoms. The lowest BCUT2D eigenvalue weighted by molar-refractivity contribution is -0.270. The van der Waals surface area contributed by atoms with E-state index < -0.39 is 6.10 Å². The van der Waals surface area contributed by atoms with E-state index in [4.69, 9.17) is 4.89 Å². The smallest absolute Gasteiger partial charge is 0.143 e. The van der Waals surface area contributed by atoms with Gasteiger partial charge in [-0.25, -0.2) is 4.89 Å². The van der Waals surface area contributed by atoms with Crippen molar-refractivity contribution >= 4 is 0 Å². The minimum Gasteiger partial charge on any atom is -0.251 e. The molecule has 0 heterocycles. The maximum Gasteiger partial charge on any atom is 0.143 e. The van der Waals surface area contributed by atoms with Gasteiger partial charge in [-0.1, -0.05) is 73.4 Å². The van der Waals surface area contributed by atoms with Crippen LogP contribution < -0.4 is 0 Å². The maximum absolute atomic E-state index is 9.32. The summed E-state index contributed by atoms with van der Waals surface area (Å²) < 4.78 is 0. The molecule has 0 radical (unpaired) electrons. The van der Waals surface area contributed by atoms with E-state index >= 15 is 0 Å². The van der Waals surface area contributed by atoms with E-state index in [0.29, 0.717) is 5.92 Å². The standard InChI is InChI=1S/C20H24O2/c1-15-7-9-18(10-8-15)20(22-21)19-13-11-17(12-14-19)16-5-3-2-4-6-16/h7-14,16,20-21H,2-6H2,1H3. The minimum atomic E-state index is -0.416. The first-order valence-electron chi connectivity index (χ1n) is 8.24. The molecule has 22 heavy (non-hydrogen) atoms. The van der Waals surface area contributed by atoms with Crippen molar-refractivity contribution < 1.29 is 10.1 Å². The normalized spacial score (nSPS) is 17.4. The highest BCUT2D eigenvalue weighted by Crippen LogP contribution is 2.34. The molecule has 1 fully saturated rings. The Morgan fingerprint density at radius 3 is 1.95 bits per heavy atom. The number of benzene rings is 2. The summed E-state index contributed by atoms with van der Waals surface area (Å²) >= 11 is 0. The average Bonchev–Trinajstić information content (AvgIpc) is 2.59. The van der Waals surface area contributed by atoms with Crippen molar-refractivity contribution in [1.29, 1.82) is 0 Å². The second-order valence-electron chi connectivity index (χ2n) is 6.40. The van der Waals surface area contributed by atoms with Crippen molar-refractivity contribution in [1.82, 2.24) is 0 Å². The predicted octanol–water partition coefficient (Wildman–Crippen LogP) is 5.62. The molecule has 0 spiro atoms. The second-order valence-corrected chi connectivity index (χ2v) is 6.40. The molecule has 1 aliphatic carbocycles. The molecular weight excluding hydrogens is 272 g/mol. The van der Waals surface area contributed by atoms with Crippen molar-refractivity contribution in [3.05, 3.63) is 70.8 Å². The number of hydrogen-bond acceptors (Lipinski definition) is 2. The molecule has 116 valence electrons. The van der Waals surface area contributed by atoms with Crippen LogP contribution in [-0.4, -0.2) is 5.26 Å². The van der Waals surface area contributed by atoms with Crippen molar-refractivity contribution in [2.24, 2.45) is 0 Å². The van der Waals surface area contributed by atoms with Gasteiger partial charge >= 0.3 is 0 Å². The largest absolute Gasteiger partial charge is 0.251 e. The van der Waals surface area contributed by atoms with Gasteiger partial charge in [-0.15, -0.1) is 0 Å². The summed E-state index contributed by atoms with van der Waals surface area (Å²) in [7, 11) is 0. The van der Waals surface area contributed by atoms with Gasteiger partial charge in [0.25, 0.3) is 0 Å². The van der Waals surface area contributed by atoms with Gasteiger partial charge in [0.1, 0.15) is 6.10 Å². The fraction of sp³-hybridized carbons (Fsp3) is 0.400. The van der Waals surface area contributed by atoms with Crippen molar-refractivity contribution in [3.63, 3.8) is 0 Å². The molecule has 1 unspecified atom stereocenters. The summed E-state index contributed by atoms with van der Waals surface area (Å²) in [6.07, 6.45) is 6.26. The van der Waals surface area contributed by atoms with Crippen LogP contribution in [0.1, 0.15) is 66.4 Å². The average molecular weight is 296 g/mol. The first-order valence-corrected chi connectivity index (χ1v) is 8.24. The lowest BCUT2D eigenvalue weighted by atomic mass is 9.83. The van der Waals surface area contributed by atoms with Gasteiger partial charge < -0.3 is 0 Å². The highest BCUT2D eigenvalue weighted by molar-refractivity contribution is 5.34. The van der Waals surface area contributed by atoms with Crippen LogP contribution in [-0.2, 0) is 4.89 Å². The van der Waals surface area contributed by atoms with E-state index in [1.807, 2.05) is 24.3 Å². The Balaban J connectivity index is 1.79. The Morgan fingerprint density at radius 1 is 0.864 bits per heavy atom. The van der Waals surface area contributed by atoms with Gasteiger partial charge in [-0.3, -0.25) is 5.26 Å². The van der Waals surface area contributed by atoms with Crippen LogP contribution in [0.15, 0.2) is 48.5 Å². The van der Waals surface area contributed by atoms with Crippen LogP contribution in [0.2, 0.25) is 0 Å². The van der Waals surface area contributed by atoms with Crippen LogP contribution in [0.4, 0.5) is 0 Å².